The average molecular weight is 233 g/mol. The summed E-state index contributed by atoms with van der Waals surface area (Å²) in [6.07, 6.45) is 2.42. The van der Waals surface area contributed by atoms with Crippen molar-refractivity contribution in [2.75, 3.05) is 0 Å². The number of nitrogens with zero attached hydrogens (tertiary/aromatic N) is 1. The van der Waals surface area contributed by atoms with Gasteiger partial charge in [0.15, 0.2) is 0 Å². The van der Waals surface area contributed by atoms with E-state index in [9.17, 15) is 0 Å². The van der Waals surface area contributed by atoms with Gasteiger partial charge in [0.25, 0.3) is 0 Å². The Morgan fingerprint density at radius 1 is 1.41 bits per heavy atom. The Bertz CT molecular complexity index is 443. The lowest BCUT2D eigenvalue weighted by Crippen LogP contribution is -2.00. The Labute approximate surface area is 99.9 Å². The highest BCUT2D eigenvalue weighted by atomic mass is 16.5. The Morgan fingerprint density at radius 3 is 2.94 bits per heavy atom. The van der Waals surface area contributed by atoms with Crippen LogP contribution < -0.4 is 4.74 Å². The Kier molecular flexibility index (Phi) is 3.77. The second-order valence-electron chi connectivity index (χ2n) is 3.68. The van der Waals surface area contributed by atoms with Crippen molar-refractivity contribution in [1.82, 2.24) is 4.98 Å². The Morgan fingerprint density at radius 2 is 2.29 bits per heavy atom. The molecule has 0 aliphatic rings. The molecular weight excluding hydrogens is 218 g/mol. The molecule has 0 saturated carbocycles. The highest BCUT2D eigenvalue weighted by Crippen LogP contribution is 2.15. The van der Waals surface area contributed by atoms with Gasteiger partial charge in [-0.25, -0.2) is 4.98 Å². The van der Waals surface area contributed by atoms with Crippen LogP contribution >= 0.6 is 0 Å². The first kappa shape index (κ1) is 11.7. The van der Waals surface area contributed by atoms with Crippen LogP contribution in [0.25, 0.3) is 0 Å². The van der Waals surface area contributed by atoms with Crippen molar-refractivity contribution < 1.29 is 14.3 Å². The van der Waals surface area contributed by atoms with Gasteiger partial charge in [0.1, 0.15) is 12.4 Å². The third kappa shape index (κ3) is 3.07. The van der Waals surface area contributed by atoms with E-state index >= 15 is 0 Å². The van der Waals surface area contributed by atoms with Crippen molar-refractivity contribution >= 4 is 0 Å². The molecule has 90 valence electrons. The molecule has 0 saturated heterocycles. The minimum atomic E-state index is -0.00731. The summed E-state index contributed by atoms with van der Waals surface area (Å²) >= 11 is 0. The standard InChI is InChI=1S/C13H15NO3/c1-2-11-6-10(8-15)7-13(14-11)17-9-12-4-3-5-16-12/h3-7,15H,2,8-9H2,1H3. The molecular formula is C13H15NO3. The first-order chi connectivity index (χ1) is 8.31. The third-order valence-electron chi connectivity index (χ3n) is 2.40. The number of aromatic nitrogens is 1. The zero-order valence-electron chi connectivity index (χ0n) is 9.72. The van der Waals surface area contributed by atoms with Crippen LogP contribution in [0.5, 0.6) is 5.88 Å². The number of furan rings is 1. The Balaban J connectivity index is 2.09. The van der Waals surface area contributed by atoms with Gasteiger partial charge in [-0.3, -0.25) is 0 Å². The van der Waals surface area contributed by atoms with Gasteiger partial charge in [-0.2, -0.15) is 0 Å². The predicted molar refractivity (Wildman–Crippen MR) is 62.6 cm³/mol. The molecule has 0 atom stereocenters. The molecule has 0 bridgehead atoms. The summed E-state index contributed by atoms with van der Waals surface area (Å²) < 4.78 is 10.7. The summed E-state index contributed by atoms with van der Waals surface area (Å²) in [5.41, 5.74) is 1.72. The lowest BCUT2D eigenvalue weighted by atomic mass is 10.2. The van der Waals surface area contributed by atoms with Crippen molar-refractivity contribution in [3.8, 4) is 5.88 Å². The molecule has 2 aromatic rings. The minimum Gasteiger partial charge on any atom is -0.469 e. The van der Waals surface area contributed by atoms with E-state index in [-0.39, 0.29) is 6.61 Å². The van der Waals surface area contributed by atoms with Gasteiger partial charge < -0.3 is 14.3 Å². The molecule has 0 fully saturated rings. The lowest BCUT2D eigenvalue weighted by molar-refractivity contribution is 0.255. The number of aliphatic hydroxyl groups is 1. The van der Waals surface area contributed by atoms with E-state index in [1.54, 1.807) is 12.3 Å². The van der Waals surface area contributed by atoms with E-state index in [4.69, 9.17) is 14.3 Å². The zero-order chi connectivity index (χ0) is 12.1. The molecule has 2 rings (SSSR count). The maximum Gasteiger partial charge on any atom is 0.214 e. The summed E-state index contributed by atoms with van der Waals surface area (Å²) in [6.45, 7) is 2.35. The van der Waals surface area contributed by atoms with Crippen LogP contribution in [0.3, 0.4) is 0 Å². The van der Waals surface area contributed by atoms with Gasteiger partial charge in [0.05, 0.1) is 12.9 Å². The number of hydrogen-bond donors (Lipinski definition) is 1. The molecule has 0 spiro atoms. The quantitative estimate of drug-likeness (QED) is 0.861. The molecule has 0 aromatic carbocycles. The third-order valence-corrected chi connectivity index (χ3v) is 2.40. The first-order valence-corrected chi connectivity index (χ1v) is 5.57. The van der Waals surface area contributed by atoms with E-state index in [2.05, 4.69) is 4.98 Å². The summed E-state index contributed by atoms with van der Waals surface area (Å²) in [5, 5.41) is 9.13. The largest absolute Gasteiger partial charge is 0.469 e. The van der Waals surface area contributed by atoms with E-state index in [0.29, 0.717) is 12.5 Å². The number of aryl methyl sites for hydroxylation is 1. The number of rotatable bonds is 5. The fraction of sp³-hybridized carbons (Fsp3) is 0.308. The normalized spacial score (nSPS) is 10.5. The van der Waals surface area contributed by atoms with Crippen LogP contribution in [0, 0.1) is 0 Å². The topological polar surface area (TPSA) is 55.5 Å². The first-order valence-electron chi connectivity index (χ1n) is 5.57. The molecule has 1 N–H and O–H groups in total. The highest BCUT2D eigenvalue weighted by Gasteiger charge is 2.03. The number of hydrogen-bond acceptors (Lipinski definition) is 4. The van der Waals surface area contributed by atoms with Gasteiger partial charge in [0, 0.05) is 11.8 Å². The predicted octanol–water partition coefficient (Wildman–Crippen LogP) is 2.31. The summed E-state index contributed by atoms with van der Waals surface area (Å²) in [5.74, 6) is 1.27. The Hall–Kier alpha value is -1.81. The van der Waals surface area contributed by atoms with Crippen molar-refractivity contribution in [1.29, 1.82) is 0 Å². The highest BCUT2D eigenvalue weighted by molar-refractivity contribution is 5.24. The molecule has 4 nitrogen and oxygen atoms in total. The monoisotopic (exact) mass is 233 g/mol. The van der Waals surface area contributed by atoms with Gasteiger partial charge in [-0.05, 0) is 30.2 Å². The van der Waals surface area contributed by atoms with Crippen molar-refractivity contribution in [2.24, 2.45) is 0 Å². The summed E-state index contributed by atoms with van der Waals surface area (Å²) in [6, 6.07) is 7.27. The number of pyridine rings is 1. The van der Waals surface area contributed by atoms with Crippen LogP contribution in [0.1, 0.15) is 23.9 Å². The van der Waals surface area contributed by atoms with Gasteiger partial charge in [-0.15, -0.1) is 0 Å². The second kappa shape index (κ2) is 5.50. The maximum absolute atomic E-state index is 9.13. The molecule has 0 radical (unpaired) electrons. The fourth-order valence-electron chi connectivity index (χ4n) is 1.51. The zero-order valence-corrected chi connectivity index (χ0v) is 9.72. The average Bonchev–Trinajstić information content (AvgIpc) is 2.89. The van der Waals surface area contributed by atoms with Crippen LogP contribution in [-0.2, 0) is 19.6 Å². The summed E-state index contributed by atoms with van der Waals surface area (Å²) in [4.78, 5) is 4.32. The second-order valence-corrected chi connectivity index (χ2v) is 3.68. The summed E-state index contributed by atoms with van der Waals surface area (Å²) in [7, 11) is 0. The number of ether oxygens (including phenoxy) is 1. The molecule has 2 heterocycles. The molecule has 0 amide bonds. The van der Waals surface area contributed by atoms with Gasteiger partial charge in [-0.1, -0.05) is 6.92 Å². The van der Waals surface area contributed by atoms with Crippen molar-refractivity contribution in [2.45, 2.75) is 26.6 Å². The van der Waals surface area contributed by atoms with E-state index in [1.807, 2.05) is 25.1 Å². The molecule has 0 unspecified atom stereocenters. The molecule has 0 aliphatic carbocycles. The maximum atomic E-state index is 9.13. The van der Waals surface area contributed by atoms with E-state index < -0.39 is 0 Å². The van der Waals surface area contributed by atoms with Crippen LogP contribution in [0.2, 0.25) is 0 Å². The molecule has 0 aliphatic heterocycles. The number of aliphatic hydroxyl groups excluding tert-OH is 1. The van der Waals surface area contributed by atoms with Crippen molar-refractivity contribution in [3.63, 3.8) is 0 Å². The van der Waals surface area contributed by atoms with E-state index in [0.717, 1.165) is 23.4 Å². The molecule has 2 aromatic heterocycles. The SMILES string of the molecule is CCc1cc(CO)cc(OCc2ccco2)n1. The molecule has 17 heavy (non-hydrogen) atoms. The fourth-order valence-corrected chi connectivity index (χ4v) is 1.51. The molecule has 4 heteroatoms. The smallest absolute Gasteiger partial charge is 0.214 e. The minimum absolute atomic E-state index is 0.00731. The van der Waals surface area contributed by atoms with Crippen LogP contribution in [-0.4, -0.2) is 10.1 Å². The van der Waals surface area contributed by atoms with Crippen LogP contribution in [0.15, 0.2) is 34.9 Å². The van der Waals surface area contributed by atoms with E-state index in [1.165, 1.54) is 0 Å². The van der Waals surface area contributed by atoms with Crippen LogP contribution in [0.4, 0.5) is 0 Å². The van der Waals surface area contributed by atoms with Gasteiger partial charge >= 0.3 is 0 Å². The lowest BCUT2D eigenvalue weighted by Gasteiger charge is -2.07. The van der Waals surface area contributed by atoms with Gasteiger partial charge in [0.2, 0.25) is 5.88 Å². The van der Waals surface area contributed by atoms with Crippen molar-refractivity contribution in [3.05, 3.63) is 47.5 Å².